The van der Waals surface area contributed by atoms with Crippen molar-refractivity contribution in [1.29, 1.82) is 0 Å². The molecule has 0 bridgehead atoms. The van der Waals surface area contributed by atoms with Gasteiger partial charge < -0.3 is 10.2 Å². The fraction of sp³-hybridized carbons (Fsp3) is 0.600. The number of aromatic nitrogens is 2. The van der Waals surface area contributed by atoms with Crippen molar-refractivity contribution in [3.8, 4) is 11.9 Å². The second-order valence-corrected chi connectivity index (χ2v) is 4.16. The summed E-state index contributed by atoms with van der Waals surface area (Å²) in [6.45, 7) is 2.05. The van der Waals surface area contributed by atoms with Crippen LogP contribution in [0.5, 0.6) is 11.9 Å². The van der Waals surface area contributed by atoms with Crippen molar-refractivity contribution in [3.05, 3.63) is 11.3 Å². The summed E-state index contributed by atoms with van der Waals surface area (Å²) in [4.78, 5) is 10.00. The minimum absolute atomic E-state index is 0.0518. The Hall–Kier alpha value is -1.36. The lowest BCUT2D eigenvalue weighted by molar-refractivity contribution is 0.231. The summed E-state index contributed by atoms with van der Waals surface area (Å²) in [6, 6.07) is -0.0476. The molecule has 2 aliphatic rings. The van der Waals surface area contributed by atoms with Gasteiger partial charge in [-0.25, -0.2) is 0 Å². The van der Waals surface area contributed by atoms with Gasteiger partial charge in [-0.05, 0) is 25.8 Å². The molecule has 3 heterocycles. The normalized spacial score (nSPS) is 24.9. The number of fused-ring (bicyclic) bond motifs is 3. The summed E-state index contributed by atoms with van der Waals surface area (Å²) in [5, 5.41) is 18.9. The van der Waals surface area contributed by atoms with Gasteiger partial charge in [0.25, 0.3) is 0 Å². The summed E-state index contributed by atoms with van der Waals surface area (Å²) in [5.74, 6) is -0.0518. The fourth-order valence-corrected chi connectivity index (χ4v) is 2.65. The third-order valence-corrected chi connectivity index (χ3v) is 3.33. The predicted molar refractivity (Wildman–Crippen MR) is 52.6 cm³/mol. The molecule has 1 saturated heterocycles. The van der Waals surface area contributed by atoms with Crippen molar-refractivity contribution < 1.29 is 10.2 Å². The van der Waals surface area contributed by atoms with E-state index in [4.69, 9.17) is 0 Å². The van der Waals surface area contributed by atoms with Crippen LogP contribution in [0.25, 0.3) is 0 Å². The molecule has 0 spiro atoms. The van der Waals surface area contributed by atoms with Crippen LogP contribution >= 0.6 is 0 Å². The average molecular weight is 207 g/mol. The zero-order valence-electron chi connectivity index (χ0n) is 8.35. The highest BCUT2D eigenvalue weighted by atomic mass is 16.3. The topological polar surface area (TPSA) is 69.5 Å². The molecule has 5 heteroatoms. The van der Waals surface area contributed by atoms with E-state index in [1.807, 2.05) is 0 Å². The second kappa shape index (κ2) is 3.06. The number of hydrogen-bond donors (Lipinski definition) is 2. The fourth-order valence-electron chi connectivity index (χ4n) is 2.65. The maximum absolute atomic E-state index is 9.63. The molecule has 2 N–H and O–H groups in total. The van der Waals surface area contributed by atoms with E-state index in [9.17, 15) is 10.2 Å². The van der Waals surface area contributed by atoms with Gasteiger partial charge in [0, 0.05) is 12.1 Å². The number of hydrogen-bond acceptors (Lipinski definition) is 5. The Bertz CT molecular complexity index is 408. The van der Waals surface area contributed by atoms with Gasteiger partial charge in [0.05, 0.1) is 11.7 Å². The lowest BCUT2D eigenvalue weighted by Crippen LogP contribution is -2.31. The summed E-state index contributed by atoms with van der Waals surface area (Å²) in [7, 11) is 0. The Balaban J connectivity index is 2.12. The zero-order chi connectivity index (χ0) is 10.4. The maximum atomic E-state index is 9.63. The van der Waals surface area contributed by atoms with Crippen molar-refractivity contribution in [2.75, 3.05) is 13.1 Å². The van der Waals surface area contributed by atoms with Crippen LogP contribution in [-0.4, -0.2) is 38.2 Å². The highest BCUT2D eigenvalue weighted by Gasteiger charge is 2.34. The van der Waals surface area contributed by atoms with Gasteiger partial charge in [-0.15, -0.1) is 0 Å². The standard InChI is InChI=1S/C10H13N3O2/c14-9-6-3-5-13-4-1-2-7(13)8(6)11-10(15)12-9/h7H,1-5H2,(H2,11,12,14,15). The van der Waals surface area contributed by atoms with Crippen LogP contribution in [0.15, 0.2) is 0 Å². The van der Waals surface area contributed by atoms with Gasteiger partial charge in [0.1, 0.15) is 0 Å². The molecule has 0 amide bonds. The van der Waals surface area contributed by atoms with E-state index in [-0.39, 0.29) is 17.9 Å². The minimum atomic E-state index is -0.319. The molecule has 2 aliphatic heterocycles. The van der Waals surface area contributed by atoms with Crippen molar-refractivity contribution >= 4 is 0 Å². The first-order valence-corrected chi connectivity index (χ1v) is 5.28. The molecule has 80 valence electrons. The predicted octanol–water partition coefficient (Wildman–Crippen LogP) is 0.581. The summed E-state index contributed by atoms with van der Waals surface area (Å²) in [5.41, 5.74) is 1.64. The van der Waals surface area contributed by atoms with Gasteiger partial charge in [-0.3, -0.25) is 4.90 Å². The number of nitrogens with zero attached hydrogens (tertiary/aromatic N) is 3. The lowest BCUT2D eigenvalue weighted by atomic mass is 9.99. The number of aromatic hydroxyl groups is 2. The molecule has 0 aliphatic carbocycles. The van der Waals surface area contributed by atoms with Crippen LogP contribution in [0.1, 0.15) is 30.1 Å². The average Bonchev–Trinajstić information content (AvgIpc) is 2.65. The third-order valence-electron chi connectivity index (χ3n) is 3.33. The Labute approximate surface area is 87.4 Å². The largest absolute Gasteiger partial charge is 0.493 e. The first-order chi connectivity index (χ1) is 7.25. The molecule has 1 fully saturated rings. The number of rotatable bonds is 0. The van der Waals surface area contributed by atoms with Crippen molar-refractivity contribution in [3.63, 3.8) is 0 Å². The quantitative estimate of drug-likeness (QED) is 0.651. The van der Waals surface area contributed by atoms with E-state index in [0.29, 0.717) is 0 Å². The lowest BCUT2D eigenvalue weighted by Gasteiger charge is -2.30. The van der Waals surface area contributed by atoms with E-state index in [1.54, 1.807) is 0 Å². The maximum Gasteiger partial charge on any atom is 0.317 e. The van der Waals surface area contributed by atoms with E-state index in [0.717, 1.165) is 43.6 Å². The SMILES string of the molecule is Oc1nc(O)c2c(n1)C1CCCN1CC2. The van der Waals surface area contributed by atoms with Gasteiger partial charge in [0.2, 0.25) is 5.88 Å². The molecule has 1 atom stereocenters. The van der Waals surface area contributed by atoms with Gasteiger partial charge in [0.15, 0.2) is 0 Å². The van der Waals surface area contributed by atoms with Crippen LogP contribution in [0.3, 0.4) is 0 Å². The van der Waals surface area contributed by atoms with Gasteiger partial charge in [-0.2, -0.15) is 9.97 Å². The molecule has 1 unspecified atom stereocenters. The Morgan fingerprint density at radius 1 is 1.20 bits per heavy atom. The second-order valence-electron chi connectivity index (χ2n) is 4.16. The Kier molecular flexibility index (Phi) is 1.82. The van der Waals surface area contributed by atoms with Crippen LogP contribution in [0.4, 0.5) is 0 Å². The third kappa shape index (κ3) is 1.26. The Morgan fingerprint density at radius 2 is 2.07 bits per heavy atom. The molecular weight excluding hydrogens is 194 g/mol. The van der Waals surface area contributed by atoms with E-state index >= 15 is 0 Å². The summed E-state index contributed by atoms with van der Waals surface area (Å²) >= 11 is 0. The van der Waals surface area contributed by atoms with E-state index in [1.165, 1.54) is 0 Å². The molecule has 15 heavy (non-hydrogen) atoms. The van der Waals surface area contributed by atoms with Crippen LogP contribution in [0.2, 0.25) is 0 Å². The molecule has 0 saturated carbocycles. The van der Waals surface area contributed by atoms with E-state index in [2.05, 4.69) is 14.9 Å². The summed E-state index contributed by atoms with van der Waals surface area (Å²) < 4.78 is 0. The van der Waals surface area contributed by atoms with Crippen molar-refractivity contribution in [2.24, 2.45) is 0 Å². The van der Waals surface area contributed by atoms with Crippen LogP contribution < -0.4 is 0 Å². The molecule has 0 radical (unpaired) electrons. The summed E-state index contributed by atoms with van der Waals surface area (Å²) in [6.07, 6.45) is 3.00. The molecular formula is C10H13N3O2. The molecule has 1 aromatic rings. The van der Waals surface area contributed by atoms with Crippen LogP contribution in [-0.2, 0) is 6.42 Å². The van der Waals surface area contributed by atoms with Gasteiger partial charge >= 0.3 is 6.01 Å². The van der Waals surface area contributed by atoms with E-state index < -0.39 is 0 Å². The molecule has 5 nitrogen and oxygen atoms in total. The monoisotopic (exact) mass is 207 g/mol. The Morgan fingerprint density at radius 3 is 2.93 bits per heavy atom. The van der Waals surface area contributed by atoms with Crippen molar-refractivity contribution in [2.45, 2.75) is 25.3 Å². The van der Waals surface area contributed by atoms with Crippen LogP contribution in [0, 0.1) is 0 Å². The molecule has 0 aromatic carbocycles. The molecule has 3 rings (SSSR count). The van der Waals surface area contributed by atoms with Crippen molar-refractivity contribution in [1.82, 2.24) is 14.9 Å². The zero-order valence-corrected chi connectivity index (χ0v) is 8.35. The smallest absolute Gasteiger partial charge is 0.317 e. The molecule has 1 aromatic heterocycles. The van der Waals surface area contributed by atoms with Gasteiger partial charge in [-0.1, -0.05) is 0 Å². The highest BCUT2D eigenvalue weighted by molar-refractivity contribution is 5.35. The highest BCUT2D eigenvalue weighted by Crippen LogP contribution is 2.39. The minimum Gasteiger partial charge on any atom is -0.493 e. The first kappa shape index (κ1) is 8.91. The first-order valence-electron chi connectivity index (χ1n) is 5.28.